The molecule has 0 heterocycles. The molecule has 0 unspecified atom stereocenters. The normalized spacial score (nSPS) is 25.3. The number of ether oxygens (including phenoxy) is 2. The lowest BCUT2D eigenvalue weighted by atomic mass is 10.1. The fourth-order valence-electron chi connectivity index (χ4n) is 0.833. The van der Waals surface area contributed by atoms with Crippen LogP contribution in [0.4, 0.5) is 0 Å². The number of benzene rings is 1. The lowest BCUT2D eigenvalue weighted by Gasteiger charge is -2.08. The summed E-state index contributed by atoms with van der Waals surface area (Å²) in [5.74, 6) is -1.01. The Kier molecular flexibility index (Phi) is 1.05. The van der Waals surface area contributed by atoms with E-state index in [1.807, 2.05) is 0 Å². The van der Waals surface area contributed by atoms with E-state index in [2.05, 4.69) is 9.47 Å². The molecule has 2 N–H and O–H groups in total. The second-order valence-electron chi connectivity index (χ2n) is 2.13. The number of methoxy groups -OCH3 is 2. The Labute approximate surface area is 92.5 Å². The van der Waals surface area contributed by atoms with Crippen LogP contribution >= 0.6 is 0 Å². The average molecular weight is 191 g/mol. The fraction of sp³-hybridized carbons (Fsp3) is 0.400. The molecule has 0 aliphatic rings. The first-order valence-corrected chi connectivity index (χ1v) is 3.34. The van der Waals surface area contributed by atoms with Crippen molar-refractivity contribution in [1.82, 2.24) is 0 Å². The van der Waals surface area contributed by atoms with Gasteiger partial charge in [0.1, 0.15) is 0 Å². The highest BCUT2D eigenvalue weighted by atomic mass is 16.5. The first-order chi connectivity index (χ1) is 10.0. The van der Waals surface area contributed by atoms with E-state index in [0.717, 1.165) is 18.2 Å². The number of hydrogen-bond acceptors (Lipinski definition) is 3. The maximum atomic E-state index is 7.72. The molecule has 0 saturated carbocycles. The largest absolute Gasteiger partial charge is 0.493 e. The van der Waals surface area contributed by atoms with E-state index < -0.39 is 38.4 Å². The van der Waals surface area contributed by atoms with Crippen LogP contribution in [-0.2, 0) is 6.37 Å². The molecular formula is C10H15NO2. The van der Waals surface area contributed by atoms with Crippen LogP contribution in [0.2, 0.25) is 0 Å². The van der Waals surface area contributed by atoms with Gasteiger partial charge in [-0.1, -0.05) is 6.07 Å². The molecule has 0 saturated heterocycles. The van der Waals surface area contributed by atoms with Gasteiger partial charge in [0.05, 0.1) is 22.3 Å². The van der Waals surface area contributed by atoms with Crippen molar-refractivity contribution < 1.29 is 23.2 Å². The topological polar surface area (TPSA) is 44.5 Å². The molecule has 72 valence electrons. The smallest absolute Gasteiger partial charge is 0.160 e. The molecule has 3 nitrogen and oxygen atoms in total. The predicted molar refractivity (Wildman–Crippen MR) is 52.3 cm³/mol. The van der Waals surface area contributed by atoms with Gasteiger partial charge < -0.3 is 15.2 Å². The lowest BCUT2D eigenvalue weighted by molar-refractivity contribution is 0.354. The first-order valence-electron chi connectivity index (χ1n) is 8.34. The zero-order chi connectivity index (χ0) is 18.3. The van der Waals surface area contributed by atoms with Crippen molar-refractivity contribution in [2.75, 3.05) is 20.6 Å². The Hall–Kier alpha value is -1.22. The Morgan fingerprint density at radius 2 is 2.15 bits per heavy atom. The molecular weight excluding hydrogens is 166 g/mol. The Morgan fingerprint density at radius 1 is 1.38 bits per heavy atom. The third-order valence-corrected chi connectivity index (χ3v) is 1.38. The summed E-state index contributed by atoms with van der Waals surface area (Å²) in [4.78, 5) is 0. The van der Waals surface area contributed by atoms with Gasteiger partial charge in [-0.2, -0.15) is 0 Å². The molecule has 0 fully saturated rings. The van der Waals surface area contributed by atoms with Crippen LogP contribution in [0.3, 0.4) is 0 Å². The molecule has 13 heavy (non-hydrogen) atoms. The monoisotopic (exact) mass is 191 g/mol. The first kappa shape index (κ1) is 2.89. The fourth-order valence-corrected chi connectivity index (χ4v) is 0.833. The summed E-state index contributed by atoms with van der Waals surface area (Å²) in [5.41, 5.74) is 4.82. The SMILES string of the molecule is [2H]C([2H])([2H])Oc1ccc(C([2H])([2H])C([2H])([2H])N)cc1OC([2H])([2H])[2H]. The van der Waals surface area contributed by atoms with Crippen LogP contribution in [-0.4, -0.2) is 20.6 Å². The molecule has 0 spiro atoms. The summed E-state index contributed by atoms with van der Waals surface area (Å²) < 4.78 is 81.6. The number of aryl methyl sites for hydroxylation is 1. The predicted octanol–water partition coefficient (Wildman–Crippen LogP) is 1.21. The van der Waals surface area contributed by atoms with Gasteiger partial charge in [-0.05, 0) is 30.6 Å². The van der Waals surface area contributed by atoms with Gasteiger partial charge >= 0.3 is 0 Å². The second kappa shape index (κ2) is 4.72. The third-order valence-electron chi connectivity index (χ3n) is 1.38. The van der Waals surface area contributed by atoms with Crippen molar-refractivity contribution in [3.8, 4) is 11.5 Å². The second-order valence-corrected chi connectivity index (χ2v) is 2.13. The summed E-state index contributed by atoms with van der Waals surface area (Å²) in [6.07, 6.45) is -2.68. The van der Waals surface area contributed by atoms with Crippen LogP contribution in [0, 0.1) is 0 Å². The lowest BCUT2D eigenvalue weighted by Crippen LogP contribution is -2.03. The van der Waals surface area contributed by atoms with E-state index in [1.165, 1.54) is 0 Å². The van der Waals surface area contributed by atoms with E-state index in [9.17, 15) is 0 Å². The average Bonchev–Trinajstić information content (AvgIpc) is 2.25. The van der Waals surface area contributed by atoms with Crippen molar-refractivity contribution in [1.29, 1.82) is 0 Å². The summed E-state index contributed by atoms with van der Waals surface area (Å²) in [6, 6.07) is 2.86. The van der Waals surface area contributed by atoms with Crippen LogP contribution in [0.5, 0.6) is 11.5 Å². The van der Waals surface area contributed by atoms with Gasteiger partial charge in [-0.3, -0.25) is 0 Å². The molecule has 3 heteroatoms. The van der Waals surface area contributed by atoms with Crippen LogP contribution in [0.15, 0.2) is 18.2 Å². The van der Waals surface area contributed by atoms with E-state index in [-0.39, 0.29) is 5.56 Å². The number of nitrogens with two attached hydrogens (primary N) is 1. The maximum Gasteiger partial charge on any atom is 0.160 e. The van der Waals surface area contributed by atoms with Crippen LogP contribution in [0.25, 0.3) is 0 Å². The highest BCUT2D eigenvalue weighted by Crippen LogP contribution is 2.27. The minimum Gasteiger partial charge on any atom is -0.493 e. The summed E-state index contributed by atoms with van der Waals surface area (Å²) >= 11 is 0. The van der Waals surface area contributed by atoms with Crippen LogP contribution in [0.1, 0.15) is 19.3 Å². The van der Waals surface area contributed by atoms with Gasteiger partial charge in [0.15, 0.2) is 11.5 Å². The molecule has 0 amide bonds. The van der Waals surface area contributed by atoms with Crippen molar-refractivity contribution in [3.63, 3.8) is 0 Å². The van der Waals surface area contributed by atoms with E-state index in [0.29, 0.717) is 0 Å². The Balaban J connectivity index is 3.38. The third kappa shape index (κ3) is 2.36. The molecule has 0 aliphatic heterocycles. The molecule has 1 aromatic rings. The minimum atomic E-state index is -2.94. The molecule has 0 aliphatic carbocycles. The van der Waals surface area contributed by atoms with Crippen LogP contribution < -0.4 is 15.2 Å². The van der Waals surface area contributed by atoms with E-state index >= 15 is 0 Å². The maximum absolute atomic E-state index is 7.72. The molecule has 0 aromatic heterocycles. The number of rotatable bonds is 4. The van der Waals surface area contributed by atoms with Gasteiger partial charge in [-0.25, -0.2) is 0 Å². The van der Waals surface area contributed by atoms with E-state index in [1.54, 1.807) is 0 Å². The summed E-state index contributed by atoms with van der Waals surface area (Å²) in [7, 11) is -5.82. The molecule has 0 bridgehead atoms. The van der Waals surface area contributed by atoms with Gasteiger partial charge in [0, 0.05) is 5.48 Å². The highest BCUT2D eigenvalue weighted by Gasteiger charge is 2.03. The van der Waals surface area contributed by atoms with E-state index in [4.69, 9.17) is 19.4 Å². The van der Waals surface area contributed by atoms with Crippen molar-refractivity contribution in [2.24, 2.45) is 5.73 Å². The Bertz CT molecular complexity index is 560. The van der Waals surface area contributed by atoms with Crippen molar-refractivity contribution in [2.45, 2.75) is 6.37 Å². The minimum absolute atomic E-state index is 0.331. The molecule has 0 atom stereocenters. The summed E-state index contributed by atoms with van der Waals surface area (Å²) in [5, 5.41) is 0. The zero-order valence-electron chi connectivity index (χ0n) is 16.6. The zero-order valence-corrected chi connectivity index (χ0v) is 6.63. The molecule has 1 aromatic carbocycles. The Morgan fingerprint density at radius 3 is 2.85 bits per heavy atom. The standard InChI is InChI=1S/C10H15NO2/c1-12-9-4-3-8(5-6-11)7-10(9)13-2/h3-4,7H,5-6,11H2,1-2H3/i1D3,2D3,5D2,6D2. The van der Waals surface area contributed by atoms with Gasteiger partial charge in [0.2, 0.25) is 0 Å². The van der Waals surface area contributed by atoms with Crippen molar-refractivity contribution in [3.05, 3.63) is 23.8 Å². The van der Waals surface area contributed by atoms with Crippen molar-refractivity contribution >= 4 is 0 Å². The highest BCUT2D eigenvalue weighted by molar-refractivity contribution is 5.42. The quantitative estimate of drug-likeness (QED) is 0.778. The van der Waals surface area contributed by atoms with Gasteiger partial charge in [-0.15, -0.1) is 0 Å². The molecule has 1 rings (SSSR count). The molecule has 0 radical (unpaired) electrons. The number of hydrogen-bond donors (Lipinski definition) is 1. The van der Waals surface area contributed by atoms with Gasteiger partial charge in [0.25, 0.3) is 0 Å². The summed E-state index contributed by atoms with van der Waals surface area (Å²) in [6.45, 7) is -2.77.